The van der Waals surface area contributed by atoms with Crippen LogP contribution in [0.25, 0.3) is 0 Å². The van der Waals surface area contributed by atoms with E-state index in [1.165, 1.54) is 25.9 Å². The van der Waals surface area contributed by atoms with Crippen molar-refractivity contribution in [2.45, 2.75) is 52.2 Å². The van der Waals surface area contributed by atoms with E-state index in [1.54, 1.807) is 0 Å². The van der Waals surface area contributed by atoms with Crippen molar-refractivity contribution in [2.75, 3.05) is 13.1 Å². The van der Waals surface area contributed by atoms with Crippen LogP contribution in [0.15, 0.2) is 12.3 Å². The highest BCUT2D eigenvalue weighted by molar-refractivity contribution is 5.01. The topological polar surface area (TPSA) is 41.1 Å². The van der Waals surface area contributed by atoms with Gasteiger partial charge in [0.15, 0.2) is 0 Å². The Morgan fingerprint density at radius 1 is 1.39 bits per heavy atom. The van der Waals surface area contributed by atoms with E-state index in [9.17, 15) is 0 Å². The summed E-state index contributed by atoms with van der Waals surface area (Å²) in [5, 5.41) is 3.61. The second kappa shape index (κ2) is 6.25. The lowest BCUT2D eigenvalue weighted by atomic mass is 10.0. The first-order valence-electron chi connectivity index (χ1n) is 6.91. The molecule has 0 atom stereocenters. The molecule has 0 saturated carbocycles. The predicted molar refractivity (Wildman–Crippen MR) is 73.3 cm³/mol. The van der Waals surface area contributed by atoms with E-state index in [4.69, 9.17) is 0 Å². The molecule has 1 aromatic rings. The van der Waals surface area contributed by atoms with Crippen molar-refractivity contribution in [2.24, 2.45) is 0 Å². The Hall–Kier alpha value is -1.00. The van der Waals surface area contributed by atoms with Crippen molar-refractivity contribution in [1.82, 2.24) is 20.2 Å². The molecule has 0 amide bonds. The molecule has 2 rings (SSSR count). The molecular formula is C14H24N4. The Morgan fingerprint density at radius 2 is 2.11 bits per heavy atom. The lowest BCUT2D eigenvalue weighted by Gasteiger charge is -2.34. The summed E-state index contributed by atoms with van der Waals surface area (Å²) in [5.41, 5.74) is 1.09. The van der Waals surface area contributed by atoms with Gasteiger partial charge < -0.3 is 10.2 Å². The minimum atomic E-state index is 0.635. The van der Waals surface area contributed by atoms with Gasteiger partial charge in [-0.05, 0) is 52.8 Å². The molecule has 0 unspecified atom stereocenters. The van der Waals surface area contributed by atoms with Crippen LogP contribution >= 0.6 is 0 Å². The molecule has 0 aromatic carbocycles. The Labute approximate surface area is 110 Å². The maximum absolute atomic E-state index is 4.42. The normalized spacial score (nSPS) is 18.4. The van der Waals surface area contributed by atoms with Gasteiger partial charge in [0.25, 0.3) is 0 Å². The van der Waals surface area contributed by atoms with Crippen LogP contribution in [0, 0.1) is 6.92 Å². The summed E-state index contributed by atoms with van der Waals surface area (Å²) in [6.07, 6.45) is 4.31. The van der Waals surface area contributed by atoms with Gasteiger partial charge in [0.1, 0.15) is 5.82 Å². The molecule has 18 heavy (non-hydrogen) atoms. The Morgan fingerprint density at radius 3 is 2.72 bits per heavy atom. The summed E-state index contributed by atoms with van der Waals surface area (Å²) in [6.45, 7) is 9.76. The third-order valence-electron chi connectivity index (χ3n) is 3.67. The van der Waals surface area contributed by atoms with Gasteiger partial charge in [0, 0.05) is 24.8 Å². The molecule has 1 fully saturated rings. The fourth-order valence-electron chi connectivity index (χ4n) is 2.47. The molecule has 4 nitrogen and oxygen atoms in total. The molecule has 1 aliphatic heterocycles. The molecule has 100 valence electrons. The van der Waals surface area contributed by atoms with Crippen LogP contribution in [0.2, 0.25) is 0 Å². The zero-order valence-corrected chi connectivity index (χ0v) is 11.7. The minimum Gasteiger partial charge on any atom is -0.308 e. The van der Waals surface area contributed by atoms with Crippen LogP contribution in [-0.4, -0.2) is 40.0 Å². The third-order valence-corrected chi connectivity index (χ3v) is 3.67. The van der Waals surface area contributed by atoms with E-state index < -0.39 is 0 Å². The van der Waals surface area contributed by atoms with Crippen LogP contribution in [0.4, 0.5) is 0 Å². The van der Waals surface area contributed by atoms with E-state index in [0.29, 0.717) is 12.1 Å². The van der Waals surface area contributed by atoms with Gasteiger partial charge in [-0.25, -0.2) is 9.97 Å². The summed E-state index contributed by atoms with van der Waals surface area (Å²) in [7, 11) is 0. The molecule has 1 aromatic heterocycles. The number of piperidine rings is 1. The van der Waals surface area contributed by atoms with Gasteiger partial charge in [0.05, 0.1) is 5.69 Å². The average Bonchev–Trinajstić information content (AvgIpc) is 2.37. The second-order valence-electron chi connectivity index (χ2n) is 5.38. The van der Waals surface area contributed by atoms with Gasteiger partial charge >= 0.3 is 0 Å². The molecule has 1 saturated heterocycles. The molecule has 0 radical (unpaired) electrons. The molecule has 0 bridgehead atoms. The number of hydrogen-bond donors (Lipinski definition) is 1. The van der Waals surface area contributed by atoms with Gasteiger partial charge in [-0.2, -0.15) is 0 Å². The first kappa shape index (κ1) is 13.4. The van der Waals surface area contributed by atoms with Crippen molar-refractivity contribution in [3.8, 4) is 0 Å². The maximum atomic E-state index is 4.42. The number of likely N-dealkylation sites (tertiary alicyclic amines) is 1. The molecule has 1 N–H and O–H groups in total. The number of aryl methyl sites for hydroxylation is 1. The lowest BCUT2D eigenvalue weighted by Crippen LogP contribution is -2.44. The van der Waals surface area contributed by atoms with E-state index in [2.05, 4.69) is 34.0 Å². The summed E-state index contributed by atoms with van der Waals surface area (Å²) < 4.78 is 0. The van der Waals surface area contributed by atoms with E-state index in [1.807, 2.05) is 19.2 Å². The smallest absolute Gasteiger partial charge is 0.125 e. The van der Waals surface area contributed by atoms with Gasteiger partial charge in [-0.1, -0.05) is 0 Å². The van der Waals surface area contributed by atoms with Crippen molar-refractivity contribution in [1.29, 1.82) is 0 Å². The van der Waals surface area contributed by atoms with E-state index in [-0.39, 0.29) is 0 Å². The van der Waals surface area contributed by atoms with Crippen molar-refractivity contribution in [3.63, 3.8) is 0 Å². The number of rotatable bonds is 4. The number of nitrogens with one attached hydrogen (secondary N) is 1. The Balaban J connectivity index is 1.75. The van der Waals surface area contributed by atoms with Crippen molar-refractivity contribution >= 4 is 0 Å². The lowest BCUT2D eigenvalue weighted by molar-refractivity contribution is 0.160. The van der Waals surface area contributed by atoms with Crippen molar-refractivity contribution < 1.29 is 0 Å². The van der Waals surface area contributed by atoms with Crippen LogP contribution in [0.3, 0.4) is 0 Å². The SMILES string of the molecule is Cc1nccc(CNC2CCN(C(C)C)CC2)n1. The highest BCUT2D eigenvalue weighted by Crippen LogP contribution is 2.13. The van der Waals surface area contributed by atoms with Crippen molar-refractivity contribution in [3.05, 3.63) is 23.8 Å². The molecule has 2 heterocycles. The fourth-order valence-corrected chi connectivity index (χ4v) is 2.47. The summed E-state index contributed by atoms with van der Waals surface area (Å²) in [5.74, 6) is 0.851. The Bertz CT molecular complexity index is 370. The highest BCUT2D eigenvalue weighted by atomic mass is 15.2. The predicted octanol–water partition coefficient (Wildman–Crippen LogP) is 1.75. The second-order valence-corrected chi connectivity index (χ2v) is 5.38. The maximum Gasteiger partial charge on any atom is 0.125 e. The quantitative estimate of drug-likeness (QED) is 0.881. The van der Waals surface area contributed by atoms with Gasteiger partial charge in [0.2, 0.25) is 0 Å². The largest absolute Gasteiger partial charge is 0.308 e. The van der Waals surface area contributed by atoms with Gasteiger partial charge in [-0.3, -0.25) is 0 Å². The molecule has 0 spiro atoms. The van der Waals surface area contributed by atoms with E-state index in [0.717, 1.165) is 18.1 Å². The highest BCUT2D eigenvalue weighted by Gasteiger charge is 2.20. The average molecular weight is 248 g/mol. The summed E-state index contributed by atoms with van der Waals surface area (Å²) in [4.78, 5) is 11.1. The number of nitrogens with zero attached hydrogens (tertiary/aromatic N) is 3. The first-order valence-corrected chi connectivity index (χ1v) is 6.91. The third kappa shape index (κ3) is 3.75. The number of aromatic nitrogens is 2. The van der Waals surface area contributed by atoms with Crippen LogP contribution < -0.4 is 5.32 Å². The van der Waals surface area contributed by atoms with E-state index >= 15 is 0 Å². The number of hydrogen-bond acceptors (Lipinski definition) is 4. The van der Waals surface area contributed by atoms with Crippen LogP contribution in [0.5, 0.6) is 0 Å². The summed E-state index contributed by atoms with van der Waals surface area (Å²) >= 11 is 0. The molecule has 1 aliphatic rings. The fraction of sp³-hybridized carbons (Fsp3) is 0.714. The van der Waals surface area contributed by atoms with Crippen LogP contribution in [0.1, 0.15) is 38.2 Å². The Kier molecular flexibility index (Phi) is 4.66. The minimum absolute atomic E-state index is 0.635. The summed E-state index contributed by atoms with van der Waals surface area (Å²) in [6, 6.07) is 3.30. The first-order chi connectivity index (χ1) is 8.65. The van der Waals surface area contributed by atoms with Crippen LogP contribution in [-0.2, 0) is 6.54 Å². The van der Waals surface area contributed by atoms with Gasteiger partial charge in [-0.15, -0.1) is 0 Å². The standard InChI is InChI=1S/C14H24N4/c1-11(2)18-8-5-13(6-9-18)16-10-14-4-7-15-12(3)17-14/h4,7,11,13,16H,5-6,8-10H2,1-3H3. The molecular weight excluding hydrogens is 224 g/mol. The zero-order chi connectivity index (χ0) is 13.0. The molecule has 0 aliphatic carbocycles. The zero-order valence-electron chi connectivity index (χ0n) is 11.7. The monoisotopic (exact) mass is 248 g/mol. The molecule has 4 heteroatoms.